The molecule has 0 radical (unpaired) electrons. The lowest BCUT2D eigenvalue weighted by molar-refractivity contribution is -0.142. The van der Waals surface area contributed by atoms with Gasteiger partial charge in [0, 0.05) is 11.5 Å². The minimum atomic E-state index is -1.49. The van der Waals surface area contributed by atoms with Crippen molar-refractivity contribution in [2.24, 2.45) is 17.4 Å². The first-order valence-electron chi connectivity index (χ1n) is 9.73. The van der Waals surface area contributed by atoms with Gasteiger partial charge in [-0.1, -0.05) is 38.1 Å². The quantitative estimate of drug-likeness (QED) is 0.146. The van der Waals surface area contributed by atoms with Gasteiger partial charge in [-0.15, -0.1) is 12.4 Å². The Bertz CT molecular complexity index is 890. The summed E-state index contributed by atoms with van der Waals surface area (Å²) in [5.41, 5.74) is 12.5. The number of carboxylic acid groups (broad SMARTS) is 1. The predicted molar refractivity (Wildman–Crippen MR) is 122 cm³/mol. The Morgan fingerprint density at radius 3 is 2.09 bits per heavy atom. The fourth-order valence-corrected chi connectivity index (χ4v) is 2.45. The second kappa shape index (κ2) is 13.8. The van der Waals surface area contributed by atoms with Crippen molar-refractivity contribution in [1.82, 2.24) is 16.0 Å². The molecule has 2 atom stereocenters. The van der Waals surface area contributed by atoms with Gasteiger partial charge >= 0.3 is 5.97 Å². The Hall–Kier alpha value is -3.51. The Morgan fingerprint density at radius 2 is 1.61 bits per heavy atom. The van der Waals surface area contributed by atoms with Gasteiger partial charge in [-0.25, -0.2) is 0 Å². The number of nitrogen functional groups attached to an aromatic ring is 1. The standard InChI is InChI=1S/C20H28N6O6.ClH/c1-10(2)18(30)26-20(32)14(8-16(28)29)25-15(27)9-24-19(31)13(21)7-11-3-5-12(6-4-11)17(22)23;/h3-6,10,13-14H,7-9,21H2,1-2H3,(H3,22,23)(H,24,31)(H,25,27)(H,28,29)(H,26,30,32);1H/t13?,14-;/m0./s1. The van der Waals surface area contributed by atoms with Gasteiger partial charge in [0.1, 0.15) is 11.9 Å². The summed E-state index contributed by atoms with van der Waals surface area (Å²) >= 11 is 0. The van der Waals surface area contributed by atoms with E-state index in [2.05, 4.69) is 10.6 Å². The summed E-state index contributed by atoms with van der Waals surface area (Å²) in [6.07, 6.45) is -0.584. The third-order valence-corrected chi connectivity index (χ3v) is 4.28. The van der Waals surface area contributed by atoms with Crippen LogP contribution in [0.4, 0.5) is 0 Å². The van der Waals surface area contributed by atoms with Crippen LogP contribution in [0.15, 0.2) is 24.3 Å². The largest absolute Gasteiger partial charge is 0.481 e. The Balaban J connectivity index is 0.0000102. The summed E-state index contributed by atoms with van der Waals surface area (Å²) in [4.78, 5) is 59.0. The molecule has 1 aromatic rings. The minimum Gasteiger partial charge on any atom is -0.481 e. The molecule has 0 saturated carbocycles. The van der Waals surface area contributed by atoms with Gasteiger partial charge in [0.25, 0.3) is 0 Å². The van der Waals surface area contributed by atoms with E-state index in [0.29, 0.717) is 5.56 Å². The molecule has 33 heavy (non-hydrogen) atoms. The smallest absolute Gasteiger partial charge is 0.305 e. The van der Waals surface area contributed by atoms with Crippen LogP contribution in [0.5, 0.6) is 0 Å². The number of benzene rings is 1. The van der Waals surface area contributed by atoms with E-state index in [-0.39, 0.29) is 24.7 Å². The number of hydrogen-bond acceptors (Lipinski definition) is 7. The molecule has 0 aliphatic rings. The highest BCUT2D eigenvalue weighted by Crippen LogP contribution is 2.06. The van der Waals surface area contributed by atoms with Gasteiger partial charge in [-0.3, -0.25) is 34.7 Å². The van der Waals surface area contributed by atoms with Crippen LogP contribution in [0.3, 0.4) is 0 Å². The van der Waals surface area contributed by atoms with Crippen molar-refractivity contribution in [3.63, 3.8) is 0 Å². The SMILES string of the molecule is CC(C)C(=O)NC(=O)[C@H](CC(=O)O)NC(=O)CNC(=O)C(N)Cc1ccc(C(=N)N)cc1.Cl. The fourth-order valence-electron chi connectivity index (χ4n) is 2.45. The van der Waals surface area contributed by atoms with Crippen molar-refractivity contribution < 1.29 is 29.1 Å². The molecule has 0 aliphatic carbocycles. The van der Waals surface area contributed by atoms with Crippen LogP contribution in [0.25, 0.3) is 0 Å². The number of carbonyl (C=O) groups is 5. The third-order valence-electron chi connectivity index (χ3n) is 4.28. The molecule has 9 N–H and O–H groups in total. The van der Waals surface area contributed by atoms with Crippen LogP contribution in [0.2, 0.25) is 0 Å². The highest BCUT2D eigenvalue weighted by Gasteiger charge is 2.26. The number of nitrogens with one attached hydrogen (secondary N) is 4. The summed E-state index contributed by atoms with van der Waals surface area (Å²) in [6.45, 7) is 2.55. The second-order valence-electron chi connectivity index (χ2n) is 7.37. The van der Waals surface area contributed by atoms with E-state index in [1.807, 2.05) is 5.32 Å². The Morgan fingerprint density at radius 1 is 1.03 bits per heavy atom. The third kappa shape index (κ3) is 10.6. The molecule has 13 heteroatoms. The average molecular weight is 485 g/mol. The first-order chi connectivity index (χ1) is 14.9. The van der Waals surface area contributed by atoms with Gasteiger partial charge < -0.3 is 27.2 Å². The maximum atomic E-state index is 12.2. The van der Waals surface area contributed by atoms with Crippen molar-refractivity contribution in [3.05, 3.63) is 35.4 Å². The molecule has 1 rings (SSSR count). The summed E-state index contributed by atoms with van der Waals surface area (Å²) < 4.78 is 0. The summed E-state index contributed by atoms with van der Waals surface area (Å²) in [5, 5.41) is 22.8. The van der Waals surface area contributed by atoms with Gasteiger partial charge in [0.15, 0.2) is 0 Å². The summed E-state index contributed by atoms with van der Waals surface area (Å²) in [6, 6.07) is 4.11. The number of halogens is 1. The number of aliphatic carboxylic acids is 1. The van der Waals surface area contributed by atoms with Crippen LogP contribution in [-0.2, 0) is 30.4 Å². The van der Waals surface area contributed by atoms with E-state index in [4.69, 9.17) is 22.0 Å². The molecule has 1 unspecified atom stereocenters. The van der Waals surface area contributed by atoms with Gasteiger partial charge in [-0.05, 0) is 12.0 Å². The molecule has 0 bridgehead atoms. The molecular formula is C20H29ClN6O6. The topological polar surface area (TPSA) is 218 Å². The maximum absolute atomic E-state index is 12.2. The van der Waals surface area contributed by atoms with Gasteiger partial charge in [0.2, 0.25) is 23.6 Å². The number of carbonyl (C=O) groups excluding carboxylic acids is 4. The maximum Gasteiger partial charge on any atom is 0.305 e. The predicted octanol–water partition coefficient (Wildman–Crippen LogP) is -1.36. The van der Waals surface area contributed by atoms with E-state index in [1.54, 1.807) is 38.1 Å². The lowest BCUT2D eigenvalue weighted by Gasteiger charge is -2.18. The molecule has 182 valence electrons. The summed E-state index contributed by atoms with van der Waals surface area (Å²) in [5.74, 6) is -5.00. The summed E-state index contributed by atoms with van der Waals surface area (Å²) in [7, 11) is 0. The molecule has 0 spiro atoms. The number of rotatable bonds is 11. The van der Waals surface area contributed by atoms with Crippen LogP contribution >= 0.6 is 12.4 Å². The zero-order chi connectivity index (χ0) is 24.4. The number of carboxylic acids is 1. The number of amidine groups is 1. The lowest BCUT2D eigenvalue weighted by atomic mass is 10.0. The van der Waals surface area contributed by atoms with Gasteiger partial charge in [0.05, 0.1) is 19.0 Å². The van der Waals surface area contributed by atoms with Crippen molar-refractivity contribution in [2.45, 2.75) is 38.8 Å². The minimum absolute atomic E-state index is 0. The fraction of sp³-hybridized carbons (Fsp3) is 0.400. The van der Waals surface area contributed by atoms with E-state index >= 15 is 0 Å². The molecule has 12 nitrogen and oxygen atoms in total. The van der Waals surface area contributed by atoms with E-state index in [0.717, 1.165) is 5.56 Å². The number of amides is 4. The van der Waals surface area contributed by atoms with E-state index < -0.39 is 60.6 Å². The first-order valence-corrected chi connectivity index (χ1v) is 9.73. The van der Waals surface area contributed by atoms with E-state index in [9.17, 15) is 24.0 Å². The average Bonchev–Trinajstić information content (AvgIpc) is 2.71. The van der Waals surface area contributed by atoms with E-state index in [1.165, 1.54) is 0 Å². The van der Waals surface area contributed by atoms with Crippen molar-refractivity contribution >= 4 is 47.8 Å². The molecule has 0 heterocycles. The van der Waals surface area contributed by atoms with Crippen LogP contribution in [0, 0.1) is 11.3 Å². The molecule has 0 aromatic heterocycles. The number of nitrogens with two attached hydrogens (primary N) is 2. The Labute approximate surface area is 196 Å². The highest BCUT2D eigenvalue weighted by molar-refractivity contribution is 6.01. The van der Waals surface area contributed by atoms with Crippen LogP contribution < -0.4 is 27.4 Å². The Kier molecular flexibility index (Phi) is 12.3. The second-order valence-corrected chi connectivity index (χ2v) is 7.37. The zero-order valence-corrected chi connectivity index (χ0v) is 19.0. The van der Waals surface area contributed by atoms with Crippen molar-refractivity contribution in [2.75, 3.05) is 6.54 Å². The van der Waals surface area contributed by atoms with Crippen LogP contribution in [0.1, 0.15) is 31.4 Å². The molecule has 0 saturated heterocycles. The zero-order valence-electron chi connectivity index (χ0n) is 18.2. The normalized spacial score (nSPS) is 12.0. The lowest BCUT2D eigenvalue weighted by Crippen LogP contribution is -2.53. The van der Waals surface area contributed by atoms with Crippen LogP contribution in [-0.4, -0.2) is 59.2 Å². The van der Waals surface area contributed by atoms with Crippen molar-refractivity contribution in [3.8, 4) is 0 Å². The van der Waals surface area contributed by atoms with Gasteiger partial charge in [-0.2, -0.15) is 0 Å². The first kappa shape index (κ1) is 29.5. The molecule has 0 aliphatic heterocycles. The number of hydrogen-bond donors (Lipinski definition) is 7. The monoisotopic (exact) mass is 484 g/mol. The van der Waals surface area contributed by atoms with Crippen molar-refractivity contribution in [1.29, 1.82) is 5.41 Å². The molecule has 0 fully saturated rings. The molecular weight excluding hydrogens is 456 g/mol. The molecule has 4 amide bonds. The number of imide groups is 1. The highest BCUT2D eigenvalue weighted by atomic mass is 35.5. The molecule has 1 aromatic carbocycles.